The number of amides is 1. The highest BCUT2D eigenvalue weighted by molar-refractivity contribution is 7.90. The van der Waals surface area contributed by atoms with Gasteiger partial charge in [-0.25, -0.2) is 13.1 Å². The molecule has 5 heteroatoms. The molecule has 0 saturated heterocycles. The standard InChI is InChI=1S/C10H13NO3S/c1-3-10(12)11-15(13,14)9-6-4-5-8(2)7-9/h4-7H,3H2,1-2H3,(H,11,12). The Balaban J connectivity index is 3.01. The minimum Gasteiger partial charge on any atom is -0.274 e. The lowest BCUT2D eigenvalue weighted by molar-refractivity contribution is -0.119. The summed E-state index contributed by atoms with van der Waals surface area (Å²) >= 11 is 0. The molecule has 0 fully saturated rings. The fraction of sp³-hybridized carbons (Fsp3) is 0.300. The first-order valence-corrected chi connectivity index (χ1v) is 6.06. The average molecular weight is 227 g/mol. The van der Waals surface area contributed by atoms with Gasteiger partial charge in [0.15, 0.2) is 0 Å². The third-order valence-corrected chi connectivity index (χ3v) is 3.24. The van der Waals surface area contributed by atoms with Gasteiger partial charge in [0, 0.05) is 6.42 Å². The summed E-state index contributed by atoms with van der Waals surface area (Å²) in [7, 11) is -3.69. The molecule has 15 heavy (non-hydrogen) atoms. The van der Waals surface area contributed by atoms with E-state index in [1.165, 1.54) is 12.1 Å². The molecule has 0 aliphatic heterocycles. The van der Waals surface area contributed by atoms with Crippen molar-refractivity contribution in [1.29, 1.82) is 0 Å². The van der Waals surface area contributed by atoms with Crippen LogP contribution < -0.4 is 4.72 Å². The number of sulfonamides is 1. The summed E-state index contributed by atoms with van der Waals surface area (Å²) in [6.07, 6.45) is 0.144. The highest BCUT2D eigenvalue weighted by atomic mass is 32.2. The van der Waals surface area contributed by atoms with Crippen LogP contribution >= 0.6 is 0 Å². The maximum Gasteiger partial charge on any atom is 0.264 e. The van der Waals surface area contributed by atoms with E-state index in [9.17, 15) is 13.2 Å². The number of rotatable bonds is 3. The fourth-order valence-electron chi connectivity index (χ4n) is 1.06. The quantitative estimate of drug-likeness (QED) is 0.844. The topological polar surface area (TPSA) is 63.2 Å². The molecule has 1 aromatic rings. The molecule has 0 bridgehead atoms. The summed E-state index contributed by atoms with van der Waals surface area (Å²) in [5.41, 5.74) is 0.835. The normalized spacial score (nSPS) is 11.1. The molecule has 4 nitrogen and oxygen atoms in total. The highest BCUT2D eigenvalue weighted by Crippen LogP contribution is 2.10. The second kappa shape index (κ2) is 4.44. The van der Waals surface area contributed by atoms with Gasteiger partial charge in [0.1, 0.15) is 0 Å². The molecule has 0 aliphatic carbocycles. The number of hydrogen-bond donors (Lipinski definition) is 1. The van der Waals surface area contributed by atoms with E-state index >= 15 is 0 Å². The number of aryl methyl sites for hydroxylation is 1. The molecule has 1 amide bonds. The van der Waals surface area contributed by atoms with Gasteiger partial charge in [0.05, 0.1) is 4.90 Å². The predicted molar refractivity (Wildman–Crippen MR) is 56.8 cm³/mol. The van der Waals surface area contributed by atoms with Crippen molar-refractivity contribution < 1.29 is 13.2 Å². The van der Waals surface area contributed by atoms with E-state index in [4.69, 9.17) is 0 Å². The van der Waals surface area contributed by atoms with E-state index in [1.807, 2.05) is 4.72 Å². The summed E-state index contributed by atoms with van der Waals surface area (Å²) in [6, 6.07) is 6.41. The first kappa shape index (κ1) is 11.7. The van der Waals surface area contributed by atoms with Gasteiger partial charge in [-0.15, -0.1) is 0 Å². The Labute approximate surface area is 89.4 Å². The van der Waals surface area contributed by atoms with Crippen molar-refractivity contribution >= 4 is 15.9 Å². The zero-order chi connectivity index (χ0) is 11.5. The smallest absolute Gasteiger partial charge is 0.264 e. The number of carbonyl (C=O) groups excluding carboxylic acids is 1. The van der Waals surface area contributed by atoms with Crippen LogP contribution in [0.4, 0.5) is 0 Å². The zero-order valence-corrected chi connectivity index (χ0v) is 9.47. The Morgan fingerprint density at radius 1 is 1.40 bits per heavy atom. The van der Waals surface area contributed by atoms with Crippen molar-refractivity contribution in [2.24, 2.45) is 0 Å². The largest absolute Gasteiger partial charge is 0.274 e. The lowest BCUT2D eigenvalue weighted by atomic mass is 10.2. The summed E-state index contributed by atoms with van der Waals surface area (Å²) < 4.78 is 25.2. The molecule has 0 saturated carbocycles. The molecule has 0 spiro atoms. The predicted octanol–water partition coefficient (Wildman–Crippen LogP) is 1.21. The van der Waals surface area contributed by atoms with E-state index in [2.05, 4.69) is 0 Å². The first-order chi connectivity index (χ1) is 6.95. The van der Waals surface area contributed by atoms with Gasteiger partial charge in [-0.1, -0.05) is 19.1 Å². The van der Waals surface area contributed by atoms with Crippen LogP contribution in [0.3, 0.4) is 0 Å². The van der Waals surface area contributed by atoms with Gasteiger partial charge >= 0.3 is 0 Å². The molecule has 1 aromatic carbocycles. The number of carbonyl (C=O) groups is 1. The third kappa shape index (κ3) is 3.06. The van der Waals surface area contributed by atoms with Gasteiger partial charge in [0.2, 0.25) is 5.91 Å². The monoisotopic (exact) mass is 227 g/mol. The first-order valence-electron chi connectivity index (χ1n) is 4.58. The van der Waals surface area contributed by atoms with Gasteiger partial charge < -0.3 is 0 Å². The van der Waals surface area contributed by atoms with Crippen molar-refractivity contribution in [3.63, 3.8) is 0 Å². The Kier molecular flexibility index (Phi) is 3.47. The lowest BCUT2D eigenvalue weighted by Gasteiger charge is -2.05. The van der Waals surface area contributed by atoms with Crippen molar-refractivity contribution in [1.82, 2.24) is 4.72 Å². The van der Waals surface area contributed by atoms with Crippen LogP contribution in [-0.2, 0) is 14.8 Å². The van der Waals surface area contributed by atoms with Crippen LogP contribution in [0.2, 0.25) is 0 Å². The van der Waals surface area contributed by atoms with Crippen molar-refractivity contribution in [3.8, 4) is 0 Å². The minimum absolute atomic E-state index is 0.115. The highest BCUT2D eigenvalue weighted by Gasteiger charge is 2.15. The van der Waals surface area contributed by atoms with Gasteiger partial charge in [-0.2, -0.15) is 0 Å². The number of nitrogens with one attached hydrogen (secondary N) is 1. The second-order valence-corrected chi connectivity index (χ2v) is 4.88. The van der Waals surface area contributed by atoms with E-state index in [1.54, 1.807) is 26.0 Å². The Bertz CT molecular complexity index is 465. The molecule has 0 aromatic heterocycles. The minimum atomic E-state index is -3.69. The molecular weight excluding hydrogens is 214 g/mol. The van der Waals surface area contributed by atoms with Crippen molar-refractivity contribution in [3.05, 3.63) is 29.8 Å². The third-order valence-electron chi connectivity index (χ3n) is 1.87. The second-order valence-electron chi connectivity index (χ2n) is 3.20. The van der Waals surface area contributed by atoms with E-state index in [0.717, 1.165) is 5.56 Å². The summed E-state index contributed by atoms with van der Waals surface area (Å²) in [5.74, 6) is -0.503. The van der Waals surface area contributed by atoms with E-state index in [-0.39, 0.29) is 11.3 Å². The zero-order valence-electron chi connectivity index (χ0n) is 8.65. The van der Waals surface area contributed by atoms with Crippen LogP contribution in [0.5, 0.6) is 0 Å². The summed E-state index contributed by atoms with van der Waals surface area (Å²) in [4.78, 5) is 11.1. The molecular formula is C10H13NO3S. The van der Waals surface area contributed by atoms with Crippen LogP contribution in [0.1, 0.15) is 18.9 Å². The molecule has 1 N–H and O–H groups in total. The molecule has 0 unspecified atom stereocenters. The summed E-state index contributed by atoms with van der Waals surface area (Å²) in [5, 5.41) is 0. The molecule has 0 aliphatic rings. The Hall–Kier alpha value is -1.36. The van der Waals surface area contributed by atoms with E-state index < -0.39 is 15.9 Å². The molecule has 82 valence electrons. The van der Waals surface area contributed by atoms with Crippen molar-refractivity contribution in [2.75, 3.05) is 0 Å². The van der Waals surface area contributed by atoms with E-state index in [0.29, 0.717) is 0 Å². The van der Waals surface area contributed by atoms with Crippen LogP contribution in [-0.4, -0.2) is 14.3 Å². The number of benzene rings is 1. The maximum absolute atomic E-state index is 11.6. The maximum atomic E-state index is 11.6. The van der Waals surface area contributed by atoms with Crippen LogP contribution in [0, 0.1) is 6.92 Å². The van der Waals surface area contributed by atoms with Crippen LogP contribution in [0.25, 0.3) is 0 Å². The molecule has 0 atom stereocenters. The van der Waals surface area contributed by atoms with Crippen LogP contribution in [0.15, 0.2) is 29.2 Å². The summed E-state index contributed by atoms with van der Waals surface area (Å²) in [6.45, 7) is 3.39. The molecule has 1 rings (SSSR count). The van der Waals surface area contributed by atoms with Gasteiger partial charge in [-0.05, 0) is 24.6 Å². The SMILES string of the molecule is CCC(=O)NS(=O)(=O)c1cccc(C)c1. The fourth-order valence-corrected chi connectivity index (χ4v) is 2.22. The number of hydrogen-bond acceptors (Lipinski definition) is 3. The Morgan fingerprint density at radius 3 is 2.60 bits per heavy atom. The van der Waals surface area contributed by atoms with Gasteiger partial charge in [0.25, 0.3) is 10.0 Å². The Morgan fingerprint density at radius 2 is 2.07 bits per heavy atom. The molecule has 0 radical (unpaired) electrons. The van der Waals surface area contributed by atoms with Crippen molar-refractivity contribution in [2.45, 2.75) is 25.2 Å². The molecule has 0 heterocycles. The average Bonchev–Trinajstić information content (AvgIpc) is 2.17. The lowest BCUT2D eigenvalue weighted by Crippen LogP contribution is -2.29. The van der Waals surface area contributed by atoms with Gasteiger partial charge in [-0.3, -0.25) is 4.79 Å².